The zero-order chi connectivity index (χ0) is 65.7. The molecule has 1 fully saturated rings. The van der Waals surface area contributed by atoms with Crippen molar-refractivity contribution in [1.29, 1.82) is 0 Å². The van der Waals surface area contributed by atoms with Crippen LogP contribution in [0.2, 0.25) is 0 Å². The third-order valence-corrected chi connectivity index (χ3v) is 19.7. The van der Waals surface area contributed by atoms with Gasteiger partial charge in [-0.3, -0.25) is 4.79 Å². The van der Waals surface area contributed by atoms with Crippen molar-refractivity contribution in [2.75, 3.05) is 13.2 Å². The third kappa shape index (κ3) is 59.4. The molecule has 91 heavy (non-hydrogen) atoms. The Bertz CT molecular complexity index is 1540. The average molecular weight is 1290 g/mol. The summed E-state index contributed by atoms with van der Waals surface area (Å²) >= 11 is 0. The molecule has 0 radical (unpaired) electrons. The van der Waals surface area contributed by atoms with E-state index in [0.29, 0.717) is 12.8 Å². The molecular formula is C82H157NO8. The minimum atomic E-state index is -1.55. The maximum atomic E-state index is 13.2. The van der Waals surface area contributed by atoms with Crippen molar-refractivity contribution < 1.29 is 39.8 Å². The van der Waals surface area contributed by atoms with Gasteiger partial charge >= 0.3 is 0 Å². The van der Waals surface area contributed by atoms with E-state index in [1.165, 1.54) is 347 Å². The van der Waals surface area contributed by atoms with Gasteiger partial charge in [0.25, 0.3) is 0 Å². The zero-order valence-electron chi connectivity index (χ0n) is 60.6. The van der Waals surface area contributed by atoms with Gasteiger partial charge in [-0.2, -0.15) is 0 Å². The molecule has 0 aromatic carbocycles. The minimum Gasteiger partial charge on any atom is -0.394 e. The first-order valence-corrected chi connectivity index (χ1v) is 40.7. The Morgan fingerprint density at radius 3 is 0.956 bits per heavy atom. The first-order chi connectivity index (χ1) is 44.8. The number of hydrogen-bond acceptors (Lipinski definition) is 8. The number of aliphatic hydroxyl groups is 5. The normalized spacial score (nSPS) is 17.8. The van der Waals surface area contributed by atoms with E-state index in [2.05, 4.69) is 55.6 Å². The van der Waals surface area contributed by atoms with Crippen LogP contribution in [0.1, 0.15) is 425 Å². The molecule has 6 N–H and O–H groups in total. The Morgan fingerprint density at radius 2 is 0.648 bits per heavy atom. The number of ether oxygens (including phenoxy) is 2. The van der Waals surface area contributed by atoms with E-state index in [1.807, 2.05) is 0 Å². The van der Waals surface area contributed by atoms with Crippen LogP contribution in [0.4, 0.5) is 0 Å². The summed E-state index contributed by atoms with van der Waals surface area (Å²) in [6, 6.07) is -0.720. The highest BCUT2D eigenvalue weighted by Crippen LogP contribution is 2.24. The van der Waals surface area contributed by atoms with Crippen LogP contribution in [0.25, 0.3) is 0 Å². The van der Waals surface area contributed by atoms with E-state index >= 15 is 0 Å². The maximum absolute atomic E-state index is 13.2. The summed E-state index contributed by atoms with van der Waals surface area (Å²) < 4.78 is 11.4. The fourth-order valence-electron chi connectivity index (χ4n) is 13.4. The molecule has 9 nitrogen and oxygen atoms in total. The van der Waals surface area contributed by atoms with Crippen LogP contribution in [-0.4, -0.2) is 87.5 Å². The smallest absolute Gasteiger partial charge is 0.220 e. The highest BCUT2D eigenvalue weighted by atomic mass is 16.7. The molecule has 1 saturated heterocycles. The lowest BCUT2D eigenvalue weighted by Crippen LogP contribution is -2.60. The number of nitrogens with one attached hydrogen (secondary N) is 1. The molecule has 0 aromatic heterocycles. The number of unbranched alkanes of at least 4 members (excludes halogenated alkanes) is 57. The molecule has 0 saturated carbocycles. The molecule has 0 aromatic rings. The molecule has 0 bridgehead atoms. The monoisotopic (exact) mass is 1280 g/mol. The van der Waals surface area contributed by atoms with Crippen LogP contribution in [0, 0.1) is 0 Å². The number of allylic oxidation sites excluding steroid dienone is 6. The molecule has 1 rings (SSSR count). The number of carbonyl (C=O) groups excluding carboxylic acids is 1. The van der Waals surface area contributed by atoms with Crippen LogP contribution in [0.5, 0.6) is 0 Å². The molecule has 0 spiro atoms. The van der Waals surface area contributed by atoms with Gasteiger partial charge in [0.05, 0.1) is 25.4 Å². The summed E-state index contributed by atoms with van der Waals surface area (Å²) in [5.74, 6) is -0.135. The van der Waals surface area contributed by atoms with E-state index in [0.717, 1.165) is 51.4 Å². The lowest BCUT2D eigenvalue weighted by molar-refractivity contribution is -0.302. The predicted octanol–water partition coefficient (Wildman–Crippen LogP) is 23.3. The van der Waals surface area contributed by atoms with Crippen LogP contribution in [0.3, 0.4) is 0 Å². The van der Waals surface area contributed by atoms with E-state index in [9.17, 15) is 30.3 Å². The first kappa shape index (κ1) is 87.4. The van der Waals surface area contributed by atoms with Gasteiger partial charge < -0.3 is 40.3 Å². The van der Waals surface area contributed by atoms with Gasteiger partial charge in [-0.15, -0.1) is 0 Å². The van der Waals surface area contributed by atoms with Gasteiger partial charge in [0, 0.05) is 6.42 Å². The number of aliphatic hydroxyl groups excluding tert-OH is 5. The highest BCUT2D eigenvalue weighted by molar-refractivity contribution is 5.76. The van der Waals surface area contributed by atoms with Crippen molar-refractivity contribution in [2.45, 2.75) is 468 Å². The van der Waals surface area contributed by atoms with Crippen LogP contribution in [-0.2, 0) is 14.3 Å². The van der Waals surface area contributed by atoms with Crippen molar-refractivity contribution in [2.24, 2.45) is 0 Å². The largest absolute Gasteiger partial charge is 0.394 e. The second-order valence-corrected chi connectivity index (χ2v) is 28.6. The Balaban J connectivity index is 2.04. The molecule has 7 atom stereocenters. The molecule has 1 aliphatic rings. The Hall–Kier alpha value is -1.59. The number of amides is 1. The molecule has 1 aliphatic heterocycles. The van der Waals surface area contributed by atoms with E-state index in [1.54, 1.807) is 0 Å². The van der Waals surface area contributed by atoms with Gasteiger partial charge in [0.15, 0.2) is 6.29 Å². The first-order valence-electron chi connectivity index (χ1n) is 40.7. The molecular weight excluding hydrogens is 1130 g/mol. The average Bonchev–Trinajstić information content (AvgIpc) is 1.58. The summed E-state index contributed by atoms with van der Waals surface area (Å²) in [5.41, 5.74) is 0. The van der Waals surface area contributed by atoms with Crippen molar-refractivity contribution >= 4 is 5.91 Å². The van der Waals surface area contributed by atoms with Crippen LogP contribution >= 0.6 is 0 Å². The van der Waals surface area contributed by atoms with Crippen LogP contribution < -0.4 is 5.32 Å². The SMILES string of the molecule is CCCCCCC/C=C\C/C=C\C/C=C\CCCCCCCCCCCCCCCCCCCCCCC(=O)NC(COC1OC(CO)C(O)C(O)C1O)C(O)CCCCCCCCCCCCCCCCCCCCCCCCCCCCCCCCCCC. The summed E-state index contributed by atoms with van der Waals surface area (Å²) in [6.45, 7) is 3.89. The van der Waals surface area contributed by atoms with Gasteiger partial charge in [-0.05, 0) is 51.4 Å². The molecule has 7 unspecified atom stereocenters. The number of rotatable bonds is 73. The number of carbonyl (C=O) groups is 1. The third-order valence-electron chi connectivity index (χ3n) is 19.7. The van der Waals surface area contributed by atoms with Crippen LogP contribution in [0.15, 0.2) is 36.5 Å². The lowest BCUT2D eigenvalue weighted by atomic mass is 9.99. The molecule has 538 valence electrons. The summed E-state index contributed by atoms with van der Waals surface area (Å²) in [7, 11) is 0. The molecule has 0 aliphatic carbocycles. The lowest BCUT2D eigenvalue weighted by Gasteiger charge is -2.40. The Kier molecular flexibility index (Phi) is 68.4. The summed E-state index contributed by atoms with van der Waals surface area (Å²) in [5, 5.41) is 55.1. The standard InChI is InChI=1S/C82H157NO8/c1-3-5-7-9-11-13-15-17-19-21-23-25-27-29-31-33-35-37-38-40-42-44-46-48-50-52-54-56-58-60-62-64-66-68-70-72-78(86)83-75(74-90-82-81(89)80(88)79(87)77(73-84)91-82)76(85)71-69-67-65-63-61-59-57-55-53-51-49-47-45-43-41-39-36-34-32-30-28-26-24-22-20-18-16-14-12-10-8-6-4-2/h15,17,21,23,27,29,75-77,79-82,84-85,87-89H,3-14,16,18-20,22,24-26,28,30-74H2,1-2H3,(H,83,86)/b17-15-,23-21-,29-27-. The highest BCUT2D eigenvalue weighted by Gasteiger charge is 2.44. The second kappa shape index (κ2) is 71.2. The van der Waals surface area contributed by atoms with E-state index < -0.39 is 49.5 Å². The fourth-order valence-corrected chi connectivity index (χ4v) is 13.4. The second-order valence-electron chi connectivity index (χ2n) is 28.6. The van der Waals surface area contributed by atoms with Gasteiger partial charge in [-0.1, -0.05) is 403 Å². The van der Waals surface area contributed by atoms with Crippen molar-refractivity contribution in [3.8, 4) is 0 Å². The molecule has 1 heterocycles. The zero-order valence-corrected chi connectivity index (χ0v) is 60.6. The van der Waals surface area contributed by atoms with Gasteiger partial charge in [0.1, 0.15) is 24.4 Å². The molecule has 1 amide bonds. The van der Waals surface area contributed by atoms with Gasteiger partial charge in [-0.25, -0.2) is 0 Å². The molecule has 9 heteroatoms. The van der Waals surface area contributed by atoms with Gasteiger partial charge in [0.2, 0.25) is 5.91 Å². The topological polar surface area (TPSA) is 149 Å². The Labute approximate surface area is 565 Å². The summed E-state index contributed by atoms with van der Waals surface area (Å²) in [4.78, 5) is 13.2. The fraction of sp³-hybridized carbons (Fsp3) is 0.915. The van der Waals surface area contributed by atoms with E-state index in [-0.39, 0.29) is 12.5 Å². The minimum absolute atomic E-state index is 0.133. The van der Waals surface area contributed by atoms with E-state index in [4.69, 9.17) is 9.47 Å². The Morgan fingerprint density at radius 1 is 0.374 bits per heavy atom. The predicted molar refractivity (Wildman–Crippen MR) is 392 cm³/mol. The summed E-state index contributed by atoms with van der Waals surface area (Å²) in [6.07, 6.45) is 89.7. The van der Waals surface area contributed by atoms with Crippen molar-refractivity contribution in [3.05, 3.63) is 36.5 Å². The van der Waals surface area contributed by atoms with Crippen molar-refractivity contribution in [1.82, 2.24) is 5.32 Å². The maximum Gasteiger partial charge on any atom is 0.220 e. The quantitative estimate of drug-likeness (QED) is 0.0261. The van der Waals surface area contributed by atoms with Crippen molar-refractivity contribution in [3.63, 3.8) is 0 Å². The number of hydrogen-bond donors (Lipinski definition) is 6.